The highest BCUT2D eigenvalue weighted by Crippen LogP contribution is 2.31. The molecule has 0 bridgehead atoms. The number of ether oxygens (including phenoxy) is 1. The van der Waals surface area contributed by atoms with E-state index in [4.69, 9.17) is 15.1 Å². The average Bonchev–Trinajstić information content (AvgIpc) is 2.26. The van der Waals surface area contributed by atoms with E-state index < -0.39 is 4.92 Å². The Morgan fingerprint density at radius 3 is 2.73 bits per heavy atom. The lowest BCUT2D eigenvalue weighted by Crippen LogP contribution is -1.98. The predicted octanol–water partition coefficient (Wildman–Crippen LogP) is 0.967. The van der Waals surface area contributed by atoms with Crippen LogP contribution in [-0.2, 0) is 6.61 Å². The smallest absolute Gasteiger partial charge is 0.312 e. The van der Waals surface area contributed by atoms with Crippen molar-refractivity contribution in [2.45, 2.75) is 6.61 Å². The molecule has 0 aromatic heterocycles. The molecule has 0 amide bonds. The second-order valence-electron chi connectivity index (χ2n) is 2.72. The van der Waals surface area contributed by atoms with E-state index in [1.807, 2.05) is 0 Å². The van der Waals surface area contributed by atoms with E-state index in [2.05, 4.69) is 0 Å². The summed E-state index contributed by atoms with van der Waals surface area (Å²) in [6.07, 6.45) is 0. The summed E-state index contributed by atoms with van der Waals surface area (Å²) < 4.78 is 4.78. The Hall–Kier alpha value is -2.13. The van der Waals surface area contributed by atoms with Crippen molar-refractivity contribution in [2.24, 2.45) is 0 Å². The van der Waals surface area contributed by atoms with E-state index in [-0.39, 0.29) is 23.6 Å². The number of aliphatic hydroxyl groups is 1. The van der Waals surface area contributed by atoms with Crippen LogP contribution < -0.4 is 4.74 Å². The van der Waals surface area contributed by atoms with E-state index in [0.29, 0.717) is 5.56 Å². The molecule has 0 saturated carbocycles. The van der Waals surface area contributed by atoms with Crippen LogP contribution in [0.2, 0.25) is 0 Å². The van der Waals surface area contributed by atoms with Gasteiger partial charge < -0.3 is 9.84 Å². The van der Waals surface area contributed by atoms with Gasteiger partial charge in [-0.15, -0.1) is 0 Å². The summed E-state index contributed by atoms with van der Waals surface area (Å²) in [6.45, 7) is -0.362. The van der Waals surface area contributed by atoms with E-state index in [1.165, 1.54) is 19.2 Å². The number of nitrogens with zero attached hydrogens (tertiary/aromatic N) is 2. The fourth-order valence-corrected chi connectivity index (χ4v) is 1.20. The maximum Gasteiger partial charge on any atom is 0.312 e. The maximum atomic E-state index is 10.7. The molecule has 0 unspecified atom stereocenters. The monoisotopic (exact) mass is 208 g/mol. The van der Waals surface area contributed by atoms with Crippen molar-refractivity contribution in [2.75, 3.05) is 7.11 Å². The van der Waals surface area contributed by atoms with Crippen molar-refractivity contribution in [1.82, 2.24) is 0 Å². The number of rotatable bonds is 3. The van der Waals surface area contributed by atoms with E-state index in [1.54, 1.807) is 6.07 Å². The Bertz CT molecular complexity index is 436. The van der Waals surface area contributed by atoms with Gasteiger partial charge in [-0.1, -0.05) is 0 Å². The first-order valence-electron chi connectivity index (χ1n) is 4.00. The molecular weight excluding hydrogens is 200 g/mol. The number of benzene rings is 1. The van der Waals surface area contributed by atoms with Crippen LogP contribution in [0, 0.1) is 21.4 Å². The summed E-state index contributed by atoms with van der Waals surface area (Å²) in [7, 11) is 1.25. The lowest BCUT2D eigenvalue weighted by molar-refractivity contribution is -0.385. The van der Waals surface area contributed by atoms with Crippen LogP contribution in [0.1, 0.15) is 11.1 Å². The van der Waals surface area contributed by atoms with Gasteiger partial charge in [-0.25, -0.2) is 0 Å². The molecule has 0 atom stereocenters. The second-order valence-corrected chi connectivity index (χ2v) is 2.72. The van der Waals surface area contributed by atoms with Gasteiger partial charge in [-0.3, -0.25) is 10.1 Å². The highest BCUT2D eigenvalue weighted by Gasteiger charge is 2.20. The Kier molecular flexibility index (Phi) is 3.21. The molecule has 15 heavy (non-hydrogen) atoms. The van der Waals surface area contributed by atoms with Gasteiger partial charge in [-0.05, 0) is 11.6 Å². The average molecular weight is 208 g/mol. The van der Waals surface area contributed by atoms with Crippen LogP contribution in [0.5, 0.6) is 5.75 Å². The lowest BCUT2D eigenvalue weighted by Gasteiger charge is -2.05. The third kappa shape index (κ3) is 2.03. The topological polar surface area (TPSA) is 96.4 Å². The molecule has 0 fully saturated rings. The maximum absolute atomic E-state index is 10.7. The highest BCUT2D eigenvalue weighted by atomic mass is 16.6. The number of hydrogen-bond donors (Lipinski definition) is 1. The third-order valence-electron chi connectivity index (χ3n) is 1.83. The van der Waals surface area contributed by atoms with Crippen LogP contribution >= 0.6 is 0 Å². The molecule has 1 aromatic rings. The zero-order valence-corrected chi connectivity index (χ0v) is 7.93. The lowest BCUT2D eigenvalue weighted by atomic mass is 10.1. The predicted molar refractivity (Wildman–Crippen MR) is 50.3 cm³/mol. The standard InChI is InChI=1S/C9H8N2O4/c1-15-9-7(4-10)2-6(5-12)3-8(9)11(13)14/h2-3,12H,5H2,1H3. The SMILES string of the molecule is COc1c(C#N)cc(CO)cc1[N+](=O)[O-]. The Balaban J connectivity index is 3.48. The summed E-state index contributed by atoms with van der Waals surface area (Å²) >= 11 is 0. The summed E-state index contributed by atoms with van der Waals surface area (Å²) in [5.41, 5.74) is 0.0235. The van der Waals surface area contributed by atoms with Gasteiger partial charge in [-0.2, -0.15) is 5.26 Å². The number of methoxy groups -OCH3 is 1. The largest absolute Gasteiger partial charge is 0.489 e. The minimum Gasteiger partial charge on any atom is -0.489 e. The van der Waals surface area contributed by atoms with Crippen molar-refractivity contribution in [1.29, 1.82) is 5.26 Å². The van der Waals surface area contributed by atoms with Crippen LogP contribution in [-0.4, -0.2) is 17.1 Å². The summed E-state index contributed by atoms with van der Waals surface area (Å²) in [4.78, 5) is 10.00. The van der Waals surface area contributed by atoms with Crippen LogP contribution in [0.4, 0.5) is 5.69 Å². The van der Waals surface area contributed by atoms with Gasteiger partial charge in [0.25, 0.3) is 0 Å². The third-order valence-corrected chi connectivity index (χ3v) is 1.83. The molecule has 78 valence electrons. The molecule has 1 aromatic carbocycles. The summed E-state index contributed by atoms with van der Waals surface area (Å²) in [5.74, 6) is -0.0836. The molecule has 0 radical (unpaired) electrons. The quantitative estimate of drug-likeness (QED) is 0.589. The van der Waals surface area contributed by atoms with E-state index in [9.17, 15) is 10.1 Å². The first kappa shape index (κ1) is 10.9. The van der Waals surface area contributed by atoms with Crippen molar-refractivity contribution < 1.29 is 14.8 Å². The zero-order chi connectivity index (χ0) is 11.4. The van der Waals surface area contributed by atoms with Gasteiger partial charge in [0.1, 0.15) is 11.6 Å². The number of nitriles is 1. The van der Waals surface area contributed by atoms with Crippen molar-refractivity contribution in [3.05, 3.63) is 33.4 Å². The van der Waals surface area contributed by atoms with Crippen LogP contribution in [0.25, 0.3) is 0 Å². The normalized spacial score (nSPS) is 9.40. The Morgan fingerprint density at radius 2 is 2.33 bits per heavy atom. The second kappa shape index (κ2) is 4.39. The number of hydrogen-bond acceptors (Lipinski definition) is 5. The Morgan fingerprint density at radius 1 is 1.67 bits per heavy atom. The Labute approximate surface area is 85.5 Å². The van der Waals surface area contributed by atoms with Crippen molar-refractivity contribution >= 4 is 5.69 Å². The summed E-state index contributed by atoms with van der Waals surface area (Å²) in [5, 5.41) is 28.2. The van der Waals surface area contributed by atoms with E-state index >= 15 is 0 Å². The molecule has 0 spiro atoms. The van der Waals surface area contributed by atoms with Gasteiger partial charge in [0, 0.05) is 6.07 Å². The number of aliphatic hydroxyl groups excluding tert-OH is 1. The van der Waals surface area contributed by atoms with Crippen LogP contribution in [0.3, 0.4) is 0 Å². The first-order valence-corrected chi connectivity index (χ1v) is 4.00. The van der Waals surface area contributed by atoms with E-state index in [0.717, 1.165) is 0 Å². The van der Waals surface area contributed by atoms with Crippen LogP contribution in [0.15, 0.2) is 12.1 Å². The summed E-state index contributed by atoms with van der Waals surface area (Å²) in [6, 6.07) is 4.31. The minimum absolute atomic E-state index is 0.0377. The minimum atomic E-state index is -0.654. The van der Waals surface area contributed by atoms with Gasteiger partial charge >= 0.3 is 5.69 Å². The zero-order valence-electron chi connectivity index (χ0n) is 7.93. The molecule has 0 heterocycles. The molecule has 0 aliphatic heterocycles. The number of nitro benzene ring substituents is 1. The van der Waals surface area contributed by atoms with Crippen molar-refractivity contribution in [3.63, 3.8) is 0 Å². The molecule has 0 saturated heterocycles. The molecule has 0 aliphatic carbocycles. The molecule has 6 heteroatoms. The number of nitro groups is 1. The first-order chi connectivity index (χ1) is 7.13. The van der Waals surface area contributed by atoms with Crippen molar-refractivity contribution in [3.8, 4) is 11.8 Å². The molecular formula is C9H8N2O4. The molecule has 1 rings (SSSR count). The molecule has 0 aliphatic rings. The fourth-order valence-electron chi connectivity index (χ4n) is 1.20. The van der Waals surface area contributed by atoms with Gasteiger partial charge in [0.05, 0.1) is 18.6 Å². The highest BCUT2D eigenvalue weighted by molar-refractivity contribution is 5.58. The van der Waals surface area contributed by atoms with Gasteiger partial charge in [0.15, 0.2) is 0 Å². The molecule has 1 N–H and O–H groups in total. The van der Waals surface area contributed by atoms with Gasteiger partial charge in [0.2, 0.25) is 5.75 Å². The molecule has 6 nitrogen and oxygen atoms in total. The fraction of sp³-hybridized carbons (Fsp3) is 0.222.